The van der Waals surface area contributed by atoms with Crippen molar-refractivity contribution >= 4 is 17.2 Å². The van der Waals surface area contributed by atoms with Gasteiger partial charge >= 0.3 is 5.97 Å². The van der Waals surface area contributed by atoms with Gasteiger partial charge in [-0.05, 0) is 76.5 Å². The lowest BCUT2D eigenvalue weighted by atomic mass is 9.82. The summed E-state index contributed by atoms with van der Waals surface area (Å²) in [6, 6.07) is 0.294. The highest BCUT2D eigenvalue weighted by molar-refractivity contribution is 7.78. The van der Waals surface area contributed by atoms with E-state index in [2.05, 4.69) is 16.9 Å². The van der Waals surface area contributed by atoms with Gasteiger partial charge in [0.1, 0.15) is 0 Å². The van der Waals surface area contributed by atoms with Gasteiger partial charge in [-0.25, -0.2) is 8.93 Å². The first-order valence-electron chi connectivity index (χ1n) is 9.93. The molecule has 2 saturated carbocycles. The first-order valence-corrected chi connectivity index (χ1v) is 11.0. The van der Waals surface area contributed by atoms with Crippen molar-refractivity contribution in [2.75, 3.05) is 13.7 Å². The number of ether oxygens (including phenoxy) is 1. The zero-order chi connectivity index (χ0) is 19.2. The molecule has 150 valence electrons. The molecule has 0 radical (unpaired) electrons. The third kappa shape index (κ3) is 5.64. The van der Waals surface area contributed by atoms with Gasteiger partial charge in [0, 0.05) is 6.04 Å². The Labute approximate surface area is 161 Å². The molecular weight excluding hydrogens is 350 g/mol. The molecule has 0 amide bonds. The third-order valence-electron chi connectivity index (χ3n) is 5.96. The van der Waals surface area contributed by atoms with Crippen LogP contribution in [-0.4, -0.2) is 29.9 Å². The number of methoxy groups -OCH3 is 1. The number of allylic oxidation sites excluding steroid dienone is 2. The minimum atomic E-state index is -1.38. The van der Waals surface area contributed by atoms with Crippen molar-refractivity contribution in [1.82, 2.24) is 4.72 Å². The van der Waals surface area contributed by atoms with Crippen molar-refractivity contribution in [3.63, 3.8) is 0 Å². The zero-order valence-corrected chi connectivity index (χ0v) is 17.5. The van der Waals surface area contributed by atoms with Gasteiger partial charge in [0.15, 0.2) is 0 Å². The highest BCUT2D eigenvalue weighted by Gasteiger charge is 2.47. The van der Waals surface area contributed by atoms with Crippen LogP contribution in [0.25, 0.3) is 0 Å². The van der Waals surface area contributed by atoms with Crippen LogP contribution in [-0.2, 0) is 25.0 Å². The molecule has 0 aliphatic heterocycles. The number of nitrogens with one attached hydrogen (secondary N) is 1. The van der Waals surface area contributed by atoms with Crippen LogP contribution in [0, 0.1) is 23.2 Å². The Morgan fingerprint density at radius 2 is 2.00 bits per heavy atom. The molecular formula is C20H35NO4S. The minimum Gasteiger partial charge on any atom is -0.469 e. The summed E-state index contributed by atoms with van der Waals surface area (Å²) in [6.07, 6.45) is 11.7. The van der Waals surface area contributed by atoms with Gasteiger partial charge in [0.05, 0.1) is 19.1 Å². The average molecular weight is 386 g/mol. The van der Waals surface area contributed by atoms with Crippen molar-refractivity contribution in [3.8, 4) is 0 Å². The van der Waals surface area contributed by atoms with Crippen LogP contribution in [0.3, 0.4) is 0 Å². The number of hydrogen-bond acceptors (Lipinski definition) is 4. The highest BCUT2D eigenvalue weighted by Crippen LogP contribution is 2.50. The van der Waals surface area contributed by atoms with Crippen LogP contribution in [0.4, 0.5) is 0 Å². The Hall–Kier alpha value is -0.720. The topological polar surface area (TPSA) is 64.6 Å². The molecule has 2 rings (SSSR count). The summed E-state index contributed by atoms with van der Waals surface area (Å²) in [4.78, 5) is 11.7. The van der Waals surface area contributed by atoms with Gasteiger partial charge in [-0.1, -0.05) is 19.1 Å². The van der Waals surface area contributed by atoms with Crippen LogP contribution < -0.4 is 4.72 Å². The van der Waals surface area contributed by atoms with Crippen molar-refractivity contribution in [2.45, 2.75) is 71.8 Å². The van der Waals surface area contributed by atoms with E-state index in [9.17, 15) is 9.00 Å². The van der Waals surface area contributed by atoms with Gasteiger partial charge in [-0.3, -0.25) is 8.98 Å². The molecule has 2 bridgehead atoms. The van der Waals surface area contributed by atoms with E-state index in [1.165, 1.54) is 26.4 Å². The largest absolute Gasteiger partial charge is 0.469 e. The fraction of sp³-hybridized carbons (Fsp3) is 0.850. The standard InChI is InChI=1S/C20H35NO4S/c1-5-13-25-26(23)21-18-16-11-10-15(14-16)17(18)9-7-6-8-12-20(2,3)19(22)24-4/h6-7,15-18,21H,5,8-14H2,1-4H3/b7-6+. The molecule has 0 saturated heterocycles. The maximum atomic E-state index is 12.1. The van der Waals surface area contributed by atoms with Crippen molar-refractivity contribution in [2.24, 2.45) is 23.2 Å². The monoisotopic (exact) mass is 385 g/mol. The Morgan fingerprint density at radius 1 is 1.27 bits per heavy atom. The van der Waals surface area contributed by atoms with Crippen LogP contribution >= 0.6 is 0 Å². The molecule has 6 heteroatoms. The summed E-state index contributed by atoms with van der Waals surface area (Å²) in [5, 5.41) is 0. The molecule has 0 spiro atoms. The second kappa shape index (κ2) is 10.00. The molecule has 2 aliphatic carbocycles. The van der Waals surface area contributed by atoms with E-state index in [4.69, 9.17) is 8.92 Å². The van der Waals surface area contributed by atoms with Crippen molar-refractivity contribution in [1.29, 1.82) is 0 Å². The molecule has 0 aromatic rings. The molecule has 0 aromatic carbocycles. The molecule has 5 atom stereocenters. The quantitative estimate of drug-likeness (QED) is 0.432. The van der Waals surface area contributed by atoms with Gasteiger partial charge < -0.3 is 4.74 Å². The number of carbonyl (C=O) groups is 1. The summed E-state index contributed by atoms with van der Waals surface area (Å²) in [5.41, 5.74) is -0.441. The Bertz CT molecular complexity index is 520. The van der Waals surface area contributed by atoms with Crippen LogP contribution in [0.2, 0.25) is 0 Å². The summed E-state index contributed by atoms with van der Waals surface area (Å²) in [7, 11) is 1.44. The lowest BCUT2D eigenvalue weighted by Gasteiger charge is -2.30. The van der Waals surface area contributed by atoms with Crippen LogP contribution in [0.15, 0.2) is 12.2 Å². The second-order valence-corrected chi connectivity index (χ2v) is 9.26. The normalized spacial score (nSPS) is 29.4. The molecule has 26 heavy (non-hydrogen) atoms. The summed E-state index contributed by atoms with van der Waals surface area (Å²) < 4.78 is 25.5. The SMILES string of the molecule is CCCOS(=O)NC1C2CCC(C2)C1C/C=C/CCC(C)(C)C(=O)OC. The molecule has 1 N–H and O–H groups in total. The lowest BCUT2D eigenvalue weighted by molar-refractivity contribution is -0.151. The smallest absolute Gasteiger partial charge is 0.311 e. The number of hydrogen-bond donors (Lipinski definition) is 1. The summed E-state index contributed by atoms with van der Waals surface area (Å²) in [6.45, 7) is 6.40. The first kappa shape index (κ1) is 21.6. The molecule has 2 fully saturated rings. The zero-order valence-electron chi connectivity index (χ0n) is 16.7. The molecule has 5 nitrogen and oxygen atoms in total. The fourth-order valence-electron chi connectivity index (χ4n) is 4.43. The summed E-state index contributed by atoms with van der Waals surface area (Å²) in [5.74, 6) is 1.74. The predicted molar refractivity (Wildman–Crippen MR) is 104 cm³/mol. The molecule has 5 unspecified atom stereocenters. The number of fused-ring (bicyclic) bond motifs is 2. The van der Waals surface area contributed by atoms with E-state index in [1.54, 1.807) is 0 Å². The van der Waals surface area contributed by atoms with Crippen molar-refractivity contribution in [3.05, 3.63) is 12.2 Å². The minimum absolute atomic E-state index is 0.155. The molecule has 0 heterocycles. The second-order valence-electron chi connectivity index (χ2n) is 8.32. The van der Waals surface area contributed by atoms with Gasteiger partial charge in [-0.2, -0.15) is 0 Å². The molecule has 0 aromatic heterocycles. The van der Waals surface area contributed by atoms with Gasteiger partial charge in [0.2, 0.25) is 11.3 Å². The fourth-order valence-corrected chi connectivity index (χ4v) is 5.41. The Morgan fingerprint density at radius 3 is 2.69 bits per heavy atom. The maximum absolute atomic E-state index is 12.1. The Balaban J connectivity index is 1.81. The highest BCUT2D eigenvalue weighted by atomic mass is 32.2. The number of carbonyl (C=O) groups excluding carboxylic acids is 1. The number of rotatable bonds is 11. The van der Waals surface area contributed by atoms with E-state index >= 15 is 0 Å². The first-order chi connectivity index (χ1) is 12.4. The van der Waals surface area contributed by atoms with E-state index in [1.807, 2.05) is 20.8 Å². The lowest BCUT2D eigenvalue weighted by Crippen LogP contribution is -2.42. The van der Waals surface area contributed by atoms with E-state index in [0.717, 1.165) is 31.6 Å². The summed E-state index contributed by atoms with van der Waals surface area (Å²) >= 11 is -1.38. The van der Waals surface area contributed by atoms with E-state index in [0.29, 0.717) is 24.5 Å². The maximum Gasteiger partial charge on any atom is 0.311 e. The van der Waals surface area contributed by atoms with Gasteiger partial charge in [0.25, 0.3) is 0 Å². The molecule has 2 aliphatic rings. The van der Waals surface area contributed by atoms with Crippen LogP contribution in [0.1, 0.15) is 65.7 Å². The van der Waals surface area contributed by atoms with E-state index < -0.39 is 16.7 Å². The van der Waals surface area contributed by atoms with Crippen LogP contribution in [0.5, 0.6) is 0 Å². The predicted octanol–water partition coefficient (Wildman–Crippen LogP) is 3.92. The number of esters is 1. The van der Waals surface area contributed by atoms with E-state index in [-0.39, 0.29) is 5.97 Å². The van der Waals surface area contributed by atoms with Gasteiger partial charge in [-0.15, -0.1) is 0 Å². The Kier molecular flexibility index (Phi) is 8.30. The third-order valence-corrected chi connectivity index (χ3v) is 6.81. The average Bonchev–Trinajstić information content (AvgIpc) is 3.21. The van der Waals surface area contributed by atoms with Crippen molar-refractivity contribution < 1.29 is 17.9 Å².